The van der Waals surface area contributed by atoms with E-state index in [1.807, 2.05) is 6.07 Å². The second-order valence-corrected chi connectivity index (χ2v) is 6.03. The molecule has 1 fully saturated rings. The average Bonchev–Trinajstić information content (AvgIpc) is 2.68. The summed E-state index contributed by atoms with van der Waals surface area (Å²) in [6.45, 7) is 2.29. The van der Waals surface area contributed by atoms with Gasteiger partial charge in [0, 0.05) is 10.5 Å². The summed E-state index contributed by atoms with van der Waals surface area (Å²) in [6, 6.07) is 5.04. The van der Waals surface area contributed by atoms with Crippen LogP contribution in [-0.4, -0.2) is 6.04 Å². The third kappa shape index (κ3) is 3.08. The van der Waals surface area contributed by atoms with E-state index in [-0.39, 0.29) is 11.9 Å². The van der Waals surface area contributed by atoms with Crippen LogP contribution < -0.4 is 5.73 Å². The van der Waals surface area contributed by atoms with E-state index in [1.165, 1.54) is 31.4 Å². The quantitative estimate of drug-likeness (QED) is 0.900. The molecule has 0 radical (unpaired) electrons. The van der Waals surface area contributed by atoms with Crippen LogP contribution in [-0.2, 0) is 6.42 Å². The second-order valence-electron chi connectivity index (χ2n) is 5.18. The topological polar surface area (TPSA) is 26.0 Å². The predicted octanol–water partition coefficient (Wildman–Crippen LogP) is 3.89. The van der Waals surface area contributed by atoms with Crippen LogP contribution in [0.4, 0.5) is 4.39 Å². The molecule has 1 nitrogen and oxygen atoms in total. The fourth-order valence-corrected chi connectivity index (χ4v) is 3.42. The van der Waals surface area contributed by atoms with Gasteiger partial charge < -0.3 is 5.73 Å². The van der Waals surface area contributed by atoms with Crippen LogP contribution >= 0.6 is 15.9 Å². The molecule has 1 aromatic carbocycles. The molecule has 0 saturated heterocycles. The summed E-state index contributed by atoms with van der Waals surface area (Å²) in [5.74, 6) is 1.14. The zero-order valence-corrected chi connectivity index (χ0v) is 11.7. The molecule has 0 amide bonds. The SMILES string of the molecule is CC1CCCC1C(N)Cc1ccc(F)cc1Br. The molecule has 0 bridgehead atoms. The largest absolute Gasteiger partial charge is 0.327 e. The van der Waals surface area contributed by atoms with E-state index in [0.717, 1.165) is 22.4 Å². The monoisotopic (exact) mass is 299 g/mol. The Bertz CT molecular complexity index is 394. The zero-order chi connectivity index (χ0) is 12.4. The van der Waals surface area contributed by atoms with Crippen molar-refractivity contribution in [3.05, 3.63) is 34.1 Å². The van der Waals surface area contributed by atoms with Crippen LogP contribution in [0.15, 0.2) is 22.7 Å². The van der Waals surface area contributed by atoms with Gasteiger partial charge in [-0.15, -0.1) is 0 Å². The van der Waals surface area contributed by atoms with Crippen molar-refractivity contribution in [1.82, 2.24) is 0 Å². The Balaban J connectivity index is 2.04. The van der Waals surface area contributed by atoms with E-state index < -0.39 is 0 Å². The number of hydrogen-bond acceptors (Lipinski definition) is 1. The fraction of sp³-hybridized carbons (Fsp3) is 0.571. The van der Waals surface area contributed by atoms with Gasteiger partial charge in [-0.25, -0.2) is 4.39 Å². The van der Waals surface area contributed by atoms with E-state index in [4.69, 9.17) is 5.73 Å². The van der Waals surface area contributed by atoms with Gasteiger partial charge in [0.25, 0.3) is 0 Å². The molecule has 2 rings (SSSR count). The Kier molecular flexibility index (Phi) is 4.21. The maximum Gasteiger partial charge on any atom is 0.124 e. The highest BCUT2D eigenvalue weighted by molar-refractivity contribution is 9.10. The molecule has 0 aromatic heterocycles. The van der Waals surface area contributed by atoms with Crippen LogP contribution in [0.25, 0.3) is 0 Å². The van der Waals surface area contributed by atoms with Crippen molar-refractivity contribution in [2.75, 3.05) is 0 Å². The number of nitrogens with two attached hydrogens (primary N) is 1. The van der Waals surface area contributed by atoms with Crippen molar-refractivity contribution in [2.45, 2.75) is 38.6 Å². The molecule has 0 aliphatic heterocycles. The van der Waals surface area contributed by atoms with Gasteiger partial charge >= 0.3 is 0 Å². The predicted molar refractivity (Wildman–Crippen MR) is 72.3 cm³/mol. The molecule has 3 atom stereocenters. The van der Waals surface area contributed by atoms with Gasteiger partial charge in [-0.1, -0.05) is 41.8 Å². The summed E-state index contributed by atoms with van der Waals surface area (Å²) in [7, 11) is 0. The smallest absolute Gasteiger partial charge is 0.124 e. The third-order valence-electron chi connectivity index (χ3n) is 3.95. The first kappa shape index (κ1) is 13.0. The van der Waals surface area contributed by atoms with E-state index in [1.54, 1.807) is 0 Å². The average molecular weight is 300 g/mol. The second kappa shape index (κ2) is 5.49. The van der Waals surface area contributed by atoms with E-state index in [2.05, 4.69) is 22.9 Å². The Hall–Kier alpha value is -0.410. The lowest BCUT2D eigenvalue weighted by Crippen LogP contribution is -2.33. The molecule has 94 valence electrons. The number of rotatable bonds is 3. The van der Waals surface area contributed by atoms with Crippen molar-refractivity contribution in [3.63, 3.8) is 0 Å². The number of hydrogen-bond donors (Lipinski definition) is 1. The van der Waals surface area contributed by atoms with Crippen LogP contribution in [0, 0.1) is 17.7 Å². The van der Waals surface area contributed by atoms with Crippen LogP contribution in [0.1, 0.15) is 31.7 Å². The maximum absolute atomic E-state index is 13.0. The van der Waals surface area contributed by atoms with E-state index in [0.29, 0.717) is 5.92 Å². The molecule has 17 heavy (non-hydrogen) atoms. The Morgan fingerprint density at radius 2 is 2.24 bits per heavy atom. The Morgan fingerprint density at radius 1 is 1.47 bits per heavy atom. The van der Waals surface area contributed by atoms with Crippen molar-refractivity contribution in [2.24, 2.45) is 17.6 Å². The minimum Gasteiger partial charge on any atom is -0.327 e. The first-order valence-corrected chi connectivity index (χ1v) is 7.06. The molecule has 1 aliphatic rings. The van der Waals surface area contributed by atoms with Crippen molar-refractivity contribution < 1.29 is 4.39 Å². The maximum atomic E-state index is 13.0. The van der Waals surface area contributed by atoms with Gasteiger partial charge in [-0.2, -0.15) is 0 Å². The highest BCUT2D eigenvalue weighted by Crippen LogP contribution is 2.34. The number of halogens is 2. The molecule has 0 spiro atoms. The van der Waals surface area contributed by atoms with Gasteiger partial charge in [0.1, 0.15) is 5.82 Å². The van der Waals surface area contributed by atoms with E-state index >= 15 is 0 Å². The molecular formula is C14H19BrFN. The molecule has 1 aromatic rings. The summed E-state index contributed by atoms with van der Waals surface area (Å²) in [4.78, 5) is 0. The molecule has 1 aliphatic carbocycles. The molecule has 3 unspecified atom stereocenters. The zero-order valence-electron chi connectivity index (χ0n) is 10.1. The Labute approximate surface area is 111 Å². The third-order valence-corrected chi connectivity index (χ3v) is 4.69. The molecule has 1 saturated carbocycles. The van der Waals surface area contributed by atoms with Gasteiger partial charge in [0.05, 0.1) is 0 Å². The first-order valence-electron chi connectivity index (χ1n) is 6.27. The molecule has 2 N–H and O–H groups in total. The minimum atomic E-state index is -0.205. The summed E-state index contributed by atoms with van der Waals surface area (Å²) < 4.78 is 13.8. The molecule has 0 heterocycles. The standard InChI is InChI=1S/C14H19BrFN/c1-9-3-2-4-12(9)14(17)7-10-5-6-11(16)8-13(10)15/h5-6,8-9,12,14H,2-4,7,17H2,1H3. The Morgan fingerprint density at radius 3 is 2.82 bits per heavy atom. The minimum absolute atomic E-state index is 0.189. The lowest BCUT2D eigenvalue weighted by molar-refractivity contribution is 0.343. The van der Waals surface area contributed by atoms with Gasteiger partial charge in [-0.05, 0) is 42.4 Å². The lowest BCUT2D eigenvalue weighted by atomic mass is 9.87. The fourth-order valence-electron chi connectivity index (χ4n) is 2.90. The highest BCUT2D eigenvalue weighted by Gasteiger charge is 2.28. The van der Waals surface area contributed by atoms with E-state index in [9.17, 15) is 4.39 Å². The van der Waals surface area contributed by atoms with Crippen molar-refractivity contribution >= 4 is 15.9 Å². The van der Waals surface area contributed by atoms with Gasteiger partial charge in [0.15, 0.2) is 0 Å². The lowest BCUT2D eigenvalue weighted by Gasteiger charge is -2.23. The number of benzene rings is 1. The first-order chi connectivity index (χ1) is 8.08. The highest BCUT2D eigenvalue weighted by atomic mass is 79.9. The normalized spacial score (nSPS) is 26.1. The summed E-state index contributed by atoms with van der Waals surface area (Å²) >= 11 is 3.40. The van der Waals surface area contributed by atoms with Gasteiger partial charge in [0.2, 0.25) is 0 Å². The van der Waals surface area contributed by atoms with Crippen LogP contribution in [0.2, 0.25) is 0 Å². The summed E-state index contributed by atoms with van der Waals surface area (Å²) in [5.41, 5.74) is 7.40. The van der Waals surface area contributed by atoms with Crippen LogP contribution in [0.5, 0.6) is 0 Å². The van der Waals surface area contributed by atoms with Crippen LogP contribution in [0.3, 0.4) is 0 Å². The molecule has 3 heteroatoms. The van der Waals surface area contributed by atoms with Crippen molar-refractivity contribution in [1.29, 1.82) is 0 Å². The van der Waals surface area contributed by atoms with Gasteiger partial charge in [-0.3, -0.25) is 0 Å². The molecular weight excluding hydrogens is 281 g/mol. The summed E-state index contributed by atoms with van der Waals surface area (Å²) in [5, 5.41) is 0. The summed E-state index contributed by atoms with van der Waals surface area (Å²) in [6.07, 6.45) is 4.66. The van der Waals surface area contributed by atoms with Crippen molar-refractivity contribution in [3.8, 4) is 0 Å².